The summed E-state index contributed by atoms with van der Waals surface area (Å²) in [4.78, 5) is 6.83. The van der Waals surface area contributed by atoms with Gasteiger partial charge in [0.1, 0.15) is 10.1 Å². The van der Waals surface area contributed by atoms with Gasteiger partial charge in [0, 0.05) is 24.5 Å². The maximum atomic E-state index is 6.69. The molecular formula is C23H23N7S. The topological polar surface area (TPSA) is 96.6 Å². The van der Waals surface area contributed by atoms with Crippen LogP contribution in [0.4, 0.5) is 5.95 Å². The number of rotatable bonds is 3. The smallest absolute Gasteiger partial charge is 0.245 e. The van der Waals surface area contributed by atoms with Crippen molar-refractivity contribution in [3.63, 3.8) is 0 Å². The Morgan fingerprint density at radius 3 is 2.65 bits per heavy atom. The first kappa shape index (κ1) is 18.8. The van der Waals surface area contributed by atoms with Crippen molar-refractivity contribution in [2.45, 2.75) is 35.4 Å². The largest absolute Gasteiger partial charge is 0.339 e. The van der Waals surface area contributed by atoms with Crippen molar-refractivity contribution in [1.29, 1.82) is 0 Å². The van der Waals surface area contributed by atoms with Gasteiger partial charge in [-0.2, -0.15) is 5.10 Å². The molecular weight excluding hydrogens is 406 g/mol. The molecule has 3 N–H and O–H groups in total. The fourth-order valence-electron chi connectivity index (χ4n) is 5.02. The number of hydrogen-bond acceptors (Lipinski definition) is 7. The van der Waals surface area contributed by atoms with Gasteiger partial charge in [0.25, 0.3) is 0 Å². The average molecular weight is 430 g/mol. The molecule has 1 fully saturated rings. The molecule has 1 atom stereocenters. The van der Waals surface area contributed by atoms with Crippen LogP contribution in [0.2, 0.25) is 0 Å². The molecule has 8 heteroatoms. The standard InChI is InChI=1S/C23H23N7S/c24-20-16-6-2-1-5-15(16)13-23(20)9-11-30(12-10-23)22-25-14-19(27-29-22)31-21-17-7-3-4-8-18(17)26-28-21/h1-8,14,20H,9-13,24H2,(H,26,28)/t20-/m1/s1. The Bertz CT molecular complexity index is 1230. The summed E-state index contributed by atoms with van der Waals surface area (Å²) >= 11 is 1.47. The quantitative estimate of drug-likeness (QED) is 0.512. The number of para-hydroxylation sites is 1. The Hall–Kier alpha value is -2.97. The Balaban J connectivity index is 1.14. The molecule has 1 spiro atoms. The van der Waals surface area contributed by atoms with Crippen LogP contribution in [0.3, 0.4) is 0 Å². The highest BCUT2D eigenvalue weighted by Crippen LogP contribution is 2.50. The van der Waals surface area contributed by atoms with Crippen LogP contribution in [0, 0.1) is 5.41 Å². The van der Waals surface area contributed by atoms with Crippen LogP contribution in [0.1, 0.15) is 30.0 Å². The van der Waals surface area contributed by atoms with E-state index in [1.54, 1.807) is 6.20 Å². The summed E-state index contributed by atoms with van der Waals surface area (Å²) in [6.45, 7) is 1.81. The summed E-state index contributed by atoms with van der Waals surface area (Å²) in [6, 6.07) is 16.8. The van der Waals surface area contributed by atoms with Crippen molar-refractivity contribution >= 4 is 28.6 Å². The molecule has 156 valence electrons. The predicted octanol–water partition coefficient (Wildman–Crippen LogP) is 3.74. The van der Waals surface area contributed by atoms with Crippen LogP contribution in [0.25, 0.3) is 10.9 Å². The van der Waals surface area contributed by atoms with Crippen LogP contribution in [0.5, 0.6) is 0 Å². The molecule has 6 rings (SSSR count). The molecule has 3 heterocycles. The molecule has 0 bridgehead atoms. The molecule has 0 radical (unpaired) electrons. The van der Waals surface area contributed by atoms with Crippen LogP contribution in [0.15, 0.2) is 64.8 Å². The van der Waals surface area contributed by atoms with E-state index in [0.29, 0.717) is 5.95 Å². The van der Waals surface area contributed by atoms with Gasteiger partial charge in [0.05, 0.1) is 11.7 Å². The minimum absolute atomic E-state index is 0.118. The van der Waals surface area contributed by atoms with Crippen molar-refractivity contribution in [2.24, 2.45) is 11.1 Å². The summed E-state index contributed by atoms with van der Waals surface area (Å²) in [5.74, 6) is 0.690. The molecule has 1 saturated heterocycles. The van der Waals surface area contributed by atoms with Crippen molar-refractivity contribution < 1.29 is 0 Å². The molecule has 0 unspecified atom stereocenters. The zero-order valence-electron chi connectivity index (χ0n) is 17.0. The lowest BCUT2D eigenvalue weighted by Gasteiger charge is -2.42. The molecule has 7 nitrogen and oxygen atoms in total. The van der Waals surface area contributed by atoms with Crippen LogP contribution < -0.4 is 10.6 Å². The third-order valence-corrected chi connectivity index (χ3v) is 7.70. The van der Waals surface area contributed by atoms with Gasteiger partial charge in [-0.05, 0) is 53.6 Å². The number of aromatic amines is 1. The SMILES string of the molecule is N[C@@H]1c2ccccc2CC12CCN(c1ncc(Sc3n[nH]c4ccccc34)nn1)CC2. The second kappa shape index (κ2) is 7.32. The average Bonchev–Trinajstić information content (AvgIpc) is 3.34. The first-order valence-electron chi connectivity index (χ1n) is 10.6. The second-order valence-electron chi connectivity index (χ2n) is 8.48. The van der Waals surface area contributed by atoms with E-state index >= 15 is 0 Å². The van der Waals surface area contributed by atoms with Crippen LogP contribution >= 0.6 is 11.8 Å². The van der Waals surface area contributed by atoms with Gasteiger partial charge in [0.15, 0.2) is 0 Å². The number of benzene rings is 2. The van der Waals surface area contributed by atoms with Gasteiger partial charge in [0.2, 0.25) is 5.95 Å². The molecule has 0 amide bonds. The minimum atomic E-state index is 0.118. The maximum Gasteiger partial charge on any atom is 0.245 e. The van der Waals surface area contributed by atoms with E-state index in [1.165, 1.54) is 22.9 Å². The maximum absolute atomic E-state index is 6.69. The monoisotopic (exact) mass is 429 g/mol. The molecule has 1 aliphatic heterocycles. The summed E-state index contributed by atoms with van der Waals surface area (Å²) in [7, 11) is 0. The zero-order chi connectivity index (χ0) is 20.8. The number of piperidine rings is 1. The number of fused-ring (bicyclic) bond motifs is 2. The number of aromatic nitrogens is 5. The van der Waals surface area contributed by atoms with Crippen molar-refractivity contribution in [2.75, 3.05) is 18.0 Å². The van der Waals surface area contributed by atoms with E-state index in [-0.39, 0.29) is 11.5 Å². The fraction of sp³-hybridized carbons (Fsp3) is 0.304. The summed E-state index contributed by atoms with van der Waals surface area (Å²) < 4.78 is 0. The van der Waals surface area contributed by atoms with Gasteiger partial charge >= 0.3 is 0 Å². The lowest BCUT2D eigenvalue weighted by atomic mass is 9.73. The van der Waals surface area contributed by atoms with Crippen LogP contribution in [-0.4, -0.2) is 38.5 Å². The van der Waals surface area contributed by atoms with Gasteiger partial charge in [-0.1, -0.05) is 42.5 Å². The number of nitrogens with one attached hydrogen (secondary N) is 1. The summed E-state index contributed by atoms with van der Waals surface area (Å²) in [6.07, 6.45) is 4.95. The molecule has 1 aliphatic carbocycles. The normalized spacial score (nSPS) is 19.8. The van der Waals surface area contributed by atoms with Gasteiger partial charge in [-0.3, -0.25) is 5.10 Å². The van der Waals surface area contributed by atoms with E-state index in [9.17, 15) is 0 Å². The molecule has 2 aromatic carbocycles. The van der Waals surface area contributed by atoms with E-state index in [1.807, 2.05) is 24.3 Å². The number of nitrogens with two attached hydrogens (primary N) is 1. The van der Waals surface area contributed by atoms with Gasteiger partial charge < -0.3 is 10.6 Å². The van der Waals surface area contributed by atoms with Crippen molar-refractivity contribution in [1.82, 2.24) is 25.4 Å². The lowest BCUT2D eigenvalue weighted by molar-refractivity contribution is 0.186. The molecule has 0 saturated carbocycles. The number of anilines is 1. The molecule has 31 heavy (non-hydrogen) atoms. The van der Waals surface area contributed by atoms with Crippen molar-refractivity contribution in [3.05, 3.63) is 65.9 Å². The number of nitrogens with zero attached hydrogens (tertiary/aromatic N) is 5. The Morgan fingerprint density at radius 1 is 1.03 bits per heavy atom. The van der Waals surface area contributed by atoms with Crippen molar-refractivity contribution in [3.8, 4) is 0 Å². The summed E-state index contributed by atoms with van der Waals surface area (Å²) in [5, 5.41) is 18.9. The Labute approximate surface area is 184 Å². The third kappa shape index (κ3) is 3.18. The van der Waals surface area contributed by atoms with Gasteiger partial charge in [-0.15, -0.1) is 10.2 Å². The lowest BCUT2D eigenvalue weighted by Crippen LogP contribution is -2.45. The fourth-order valence-corrected chi connectivity index (χ4v) is 5.79. The second-order valence-corrected chi connectivity index (χ2v) is 9.48. The van der Waals surface area contributed by atoms with E-state index < -0.39 is 0 Å². The van der Waals surface area contributed by atoms with E-state index in [4.69, 9.17) is 5.73 Å². The third-order valence-electron chi connectivity index (χ3n) is 6.80. The Morgan fingerprint density at radius 2 is 1.84 bits per heavy atom. The zero-order valence-corrected chi connectivity index (χ0v) is 17.8. The number of hydrogen-bond donors (Lipinski definition) is 2. The van der Waals surface area contributed by atoms with Crippen LogP contribution in [-0.2, 0) is 6.42 Å². The molecule has 2 aromatic heterocycles. The highest BCUT2D eigenvalue weighted by molar-refractivity contribution is 7.99. The Kier molecular flexibility index (Phi) is 4.43. The minimum Gasteiger partial charge on any atom is -0.339 e. The van der Waals surface area contributed by atoms with E-state index in [2.05, 4.69) is 54.5 Å². The highest BCUT2D eigenvalue weighted by Gasteiger charge is 2.46. The van der Waals surface area contributed by atoms with Gasteiger partial charge in [-0.25, -0.2) is 4.98 Å². The summed E-state index contributed by atoms with van der Waals surface area (Å²) in [5.41, 5.74) is 10.6. The first-order valence-corrected chi connectivity index (χ1v) is 11.4. The predicted molar refractivity (Wildman–Crippen MR) is 121 cm³/mol. The molecule has 2 aliphatic rings. The number of H-pyrrole nitrogens is 1. The highest BCUT2D eigenvalue weighted by atomic mass is 32.2. The van der Waals surface area contributed by atoms with E-state index in [0.717, 1.165) is 53.3 Å². The first-order chi connectivity index (χ1) is 15.2. The molecule has 4 aromatic rings.